The number of aryl methyl sites for hydroxylation is 2. The van der Waals surface area contributed by atoms with Crippen LogP contribution in [0.5, 0.6) is 0 Å². The summed E-state index contributed by atoms with van der Waals surface area (Å²) in [6.07, 6.45) is 1.64. The Kier molecular flexibility index (Phi) is 3.71. The monoisotopic (exact) mass is 259 g/mol. The first-order valence-electron chi connectivity index (χ1n) is 7.20. The Morgan fingerprint density at radius 3 is 2.58 bits per heavy atom. The van der Waals surface area contributed by atoms with Gasteiger partial charge in [0.15, 0.2) is 0 Å². The number of nitrogens with one attached hydrogen (secondary N) is 1. The van der Waals surface area contributed by atoms with E-state index in [1.165, 1.54) is 16.7 Å². The quantitative estimate of drug-likeness (QED) is 0.884. The first kappa shape index (κ1) is 14.1. The van der Waals surface area contributed by atoms with Crippen molar-refractivity contribution in [3.05, 3.63) is 34.9 Å². The molecule has 2 rings (SSSR count). The van der Waals surface area contributed by atoms with Gasteiger partial charge in [0, 0.05) is 17.9 Å². The van der Waals surface area contributed by atoms with Crippen LogP contribution in [-0.2, 0) is 10.2 Å². The van der Waals surface area contributed by atoms with Gasteiger partial charge < -0.3 is 5.32 Å². The molecular weight excluding hydrogens is 234 g/mol. The van der Waals surface area contributed by atoms with Gasteiger partial charge in [0.1, 0.15) is 0 Å². The summed E-state index contributed by atoms with van der Waals surface area (Å²) in [5, 5.41) is 3.17. The molecule has 0 saturated carbocycles. The smallest absolute Gasteiger partial charge is 0.221 e. The Morgan fingerprint density at radius 2 is 2.00 bits per heavy atom. The molecule has 0 aromatic heterocycles. The summed E-state index contributed by atoms with van der Waals surface area (Å²) in [5.74, 6) is 0.778. The van der Waals surface area contributed by atoms with Gasteiger partial charge in [0.2, 0.25) is 5.91 Å². The fourth-order valence-corrected chi connectivity index (χ4v) is 3.05. The molecule has 1 aliphatic heterocycles. The van der Waals surface area contributed by atoms with E-state index in [1.54, 1.807) is 0 Å². The molecule has 0 bridgehead atoms. The van der Waals surface area contributed by atoms with E-state index in [4.69, 9.17) is 0 Å². The second-order valence-corrected chi connectivity index (χ2v) is 6.64. The van der Waals surface area contributed by atoms with Crippen molar-refractivity contribution in [3.63, 3.8) is 0 Å². The summed E-state index contributed by atoms with van der Waals surface area (Å²) in [4.78, 5) is 11.9. The van der Waals surface area contributed by atoms with Gasteiger partial charge in [-0.25, -0.2) is 0 Å². The number of hydrogen-bond donors (Lipinski definition) is 1. The fourth-order valence-electron chi connectivity index (χ4n) is 3.05. The van der Waals surface area contributed by atoms with Crippen LogP contribution in [0, 0.1) is 19.8 Å². The first-order valence-corrected chi connectivity index (χ1v) is 7.20. The third kappa shape index (κ3) is 2.68. The predicted molar refractivity (Wildman–Crippen MR) is 79.3 cm³/mol. The summed E-state index contributed by atoms with van der Waals surface area (Å²) < 4.78 is 0. The molecule has 19 heavy (non-hydrogen) atoms. The normalized spacial score (nSPS) is 26.8. The molecule has 0 radical (unpaired) electrons. The van der Waals surface area contributed by atoms with E-state index in [0.29, 0.717) is 12.3 Å². The van der Waals surface area contributed by atoms with Gasteiger partial charge >= 0.3 is 0 Å². The summed E-state index contributed by atoms with van der Waals surface area (Å²) in [7, 11) is 0. The Morgan fingerprint density at radius 1 is 1.32 bits per heavy atom. The minimum Gasteiger partial charge on any atom is -0.352 e. The van der Waals surface area contributed by atoms with E-state index in [0.717, 1.165) is 6.42 Å². The summed E-state index contributed by atoms with van der Waals surface area (Å²) in [6.45, 7) is 10.9. The maximum absolute atomic E-state index is 11.9. The van der Waals surface area contributed by atoms with Crippen molar-refractivity contribution in [1.82, 2.24) is 5.32 Å². The van der Waals surface area contributed by atoms with Crippen LogP contribution in [0.4, 0.5) is 0 Å². The molecule has 2 nitrogen and oxygen atoms in total. The Labute approximate surface area is 116 Å². The van der Waals surface area contributed by atoms with Gasteiger partial charge in [0.05, 0.1) is 0 Å². The van der Waals surface area contributed by atoms with Gasteiger partial charge in [0.25, 0.3) is 0 Å². The lowest BCUT2D eigenvalue weighted by Crippen LogP contribution is -2.39. The number of benzene rings is 1. The molecule has 1 amide bonds. The highest BCUT2D eigenvalue weighted by Gasteiger charge is 2.44. The summed E-state index contributed by atoms with van der Waals surface area (Å²) >= 11 is 0. The first-order chi connectivity index (χ1) is 8.83. The predicted octanol–water partition coefficient (Wildman–Crippen LogP) is 3.50. The van der Waals surface area contributed by atoms with Crippen molar-refractivity contribution >= 4 is 5.91 Å². The number of rotatable bonds is 3. The molecule has 2 heteroatoms. The molecular formula is C17H25NO. The topological polar surface area (TPSA) is 29.1 Å². The molecule has 1 heterocycles. The van der Waals surface area contributed by atoms with Gasteiger partial charge in [-0.05, 0) is 42.9 Å². The SMILES string of the molecule is Cc1ccc(C2(C)CC(=O)NC2CC(C)C)cc1C. The van der Waals surface area contributed by atoms with E-state index in [9.17, 15) is 4.79 Å². The van der Waals surface area contributed by atoms with E-state index >= 15 is 0 Å². The van der Waals surface area contributed by atoms with Crippen LogP contribution in [0.2, 0.25) is 0 Å². The summed E-state index contributed by atoms with van der Waals surface area (Å²) in [6, 6.07) is 6.87. The minimum absolute atomic E-state index is 0.0696. The molecule has 2 atom stereocenters. The number of carbonyl (C=O) groups excluding carboxylic acids is 1. The average molecular weight is 259 g/mol. The molecule has 1 aromatic rings. The fraction of sp³-hybridized carbons (Fsp3) is 0.588. The van der Waals surface area contributed by atoms with Crippen molar-refractivity contribution in [2.45, 2.75) is 58.9 Å². The van der Waals surface area contributed by atoms with Crippen LogP contribution in [-0.4, -0.2) is 11.9 Å². The molecule has 0 aliphatic carbocycles. The Bertz CT molecular complexity index is 492. The van der Waals surface area contributed by atoms with Crippen LogP contribution in [0.15, 0.2) is 18.2 Å². The lowest BCUT2D eigenvalue weighted by Gasteiger charge is -2.32. The molecule has 1 fully saturated rings. The highest BCUT2D eigenvalue weighted by molar-refractivity contribution is 5.81. The standard InChI is InChI=1S/C17H25NO/c1-11(2)8-15-17(5,10-16(19)18-15)14-7-6-12(3)13(4)9-14/h6-7,9,11,15H,8,10H2,1-5H3,(H,18,19). The van der Waals surface area contributed by atoms with Crippen molar-refractivity contribution in [2.75, 3.05) is 0 Å². The zero-order chi connectivity index (χ0) is 14.2. The highest BCUT2D eigenvalue weighted by Crippen LogP contribution is 2.38. The second kappa shape index (κ2) is 4.99. The third-order valence-corrected chi connectivity index (χ3v) is 4.51. The molecule has 1 saturated heterocycles. The van der Waals surface area contributed by atoms with Crippen LogP contribution in [0.3, 0.4) is 0 Å². The molecule has 2 unspecified atom stereocenters. The molecule has 1 N–H and O–H groups in total. The van der Waals surface area contributed by atoms with Gasteiger partial charge in [-0.3, -0.25) is 4.79 Å². The number of carbonyl (C=O) groups is 1. The van der Waals surface area contributed by atoms with Crippen molar-refractivity contribution < 1.29 is 4.79 Å². The molecule has 104 valence electrons. The van der Waals surface area contributed by atoms with Crippen molar-refractivity contribution in [1.29, 1.82) is 0 Å². The highest BCUT2D eigenvalue weighted by atomic mass is 16.2. The maximum atomic E-state index is 11.9. The van der Waals surface area contributed by atoms with Crippen LogP contribution >= 0.6 is 0 Å². The van der Waals surface area contributed by atoms with Gasteiger partial charge in [-0.1, -0.05) is 39.0 Å². The van der Waals surface area contributed by atoms with Crippen LogP contribution in [0.1, 0.15) is 50.3 Å². The largest absolute Gasteiger partial charge is 0.352 e. The lowest BCUT2D eigenvalue weighted by molar-refractivity contribution is -0.119. The van der Waals surface area contributed by atoms with E-state index < -0.39 is 0 Å². The second-order valence-electron chi connectivity index (χ2n) is 6.64. The minimum atomic E-state index is -0.0696. The molecule has 0 spiro atoms. The van der Waals surface area contributed by atoms with E-state index in [1.807, 2.05) is 0 Å². The number of amides is 1. The van der Waals surface area contributed by atoms with E-state index in [2.05, 4.69) is 58.1 Å². The lowest BCUT2D eigenvalue weighted by atomic mass is 9.73. The Balaban J connectivity index is 2.37. The third-order valence-electron chi connectivity index (χ3n) is 4.51. The van der Waals surface area contributed by atoms with E-state index in [-0.39, 0.29) is 17.4 Å². The maximum Gasteiger partial charge on any atom is 0.221 e. The Hall–Kier alpha value is -1.31. The zero-order valence-corrected chi connectivity index (χ0v) is 12.7. The zero-order valence-electron chi connectivity index (χ0n) is 12.7. The average Bonchev–Trinajstić information content (AvgIpc) is 2.58. The van der Waals surface area contributed by atoms with Crippen molar-refractivity contribution in [2.24, 2.45) is 5.92 Å². The van der Waals surface area contributed by atoms with Crippen LogP contribution < -0.4 is 5.32 Å². The van der Waals surface area contributed by atoms with Crippen molar-refractivity contribution in [3.8, 4) is 0 Å². The summed E-state index contributed by atoms with van der Waals surface area (Å²) in [5.41, 5.74) is 3.84. The van der Waals surface area contributed by atoms with Gasteiger partial charge in [-0.2, -0.15) is 0 Å². The van der Waals surface area contributed by atoms with Gasteiger partial charge in [-0.15, -0.1) is 0 Å². The van der Waals surface area contributed by atoms with Crippen LogP contribution in [0.25, 0.3) is 0 Å². The number of hydrogen-bond acceptors (Lipinski definition) is 1. The molecule has 1 aliphatic rings. The molecule has 1 aromatic carbocycles.